The zero-order valence-corrected chi connectivity index (χ0v) is 12.0. The molecule has 3 N–H and O–H groups in total. The summed E-state index contributed by atoms with van der Waals surface area (Å²) in [4.78, 5) is 17.9. The van der Waals surface area contributed by atoms with Crippen molar-refractivity contribution < 1.29 is 9.21 Å². The average molecular weight is 276 g/mol. The highest BCUT2D eigenvalue weighted by Gasteiger charge is 2.12. The molecule has 0 radical (unpaired) electrons. The maximum atomic E-state index is 11.7. The van der Waals surface area contributed by atoms with Crippen LogP contribution in [0.2, 0.25) is 0 Å². The van der Waals surface area contributed by atoms with Crippen LogP contribution in [-0.2, 0) is 11.3 Å². The van der Waals surface area contributed by atoms with E-state index in [0.29, 0.717) is 30.3 Å². The van der Waals surface area contributed by atoms with Crippen LogP contribution in [-0.4, -0.2) is 35.4 Å². The van der Waals surface area contributed by atoms with E-state index in [1.54, 1.807) is 18.2 Å². The first-order valence-corrected chi connectivity index (χ1v) is 6.57. The fourth-order valence-corrected chi connectivity index (χ4v) is 1.96. The maximum Gasteiger partial charge on any atom is 0.234 e. The van der Waals surface area contributed by atoms with Gasteiger partial charge in [0.05, 0.1) is 13.1 Å². The minimum atomic E-state index is -0.0112. The van der Waals surface area contributed by atoms with Crippen molar-refractivity contribution in [3.63, 3.8) is 0 Å². The Morgan fingerprint density at radius 1 is 1.50 bits per heavy atom. The molecule has 108 valence electrons. The lowest BCUT2D eigenvalue weighted by molar-refractivity contribution is -0.122. The van der Waals surface area contributed by atoms with Gasteiger partial charge in [-0.15, -0.1) is 0 Å². The molecule has 20 heavy (non-hydrogen) atoms. The van der Waals surface area contributed by atoms with E-state index in [-0.39, 0.29) is 11.9 Å². The SMILES string of the molecule is CC(C)NC(=O)CN(C)Cc1nc2cc(N)ccc2o1. The largest absolute Gasteiger partial charge is 0.439 e. The molecule has 0 saturated carbocycles. The van der Waals surface area contributed by atoms with Crippen molar-refractivity contribution in [1.82, 2.24) is 15.2 Å². The number of hydrogen-bond acceptors (Lipinski definition) is 5. The van der Waals surface area contributed by atoms with Crippen LogP contribution < -0.4 is 11.1 Å². The molecule has 2 aromatic rings. The number of nitrogens with one attached hydrogen (secondary N) is 1. The van der Waals surface area contributed by atoms with Crippen LogP contribution in [0.5, 0.6) is 0 Å². The summed E-state index contributed by atoms with van der Waals surface area (Å²) < 4.78 is 5.62. The fourth-order valence-electron chi connectivity index (χ4n) is 1.96. The third kappa shape index (κ3) is 3.71. The van der Waals surface area contributed by atoms with Gasteiger partial charge >= 0.3 is 0 Å². The Hall–Kier alpha value is -2.08. The lowest BCUT2D eigenvalue weighted by Gasteiger charge is -2.15. The molecule has 0 atom stereocenters. The molecular formula is C14H20N4O2. The number of benzene rings is 1. The molecule has 1 aromatic heterocycles. The predicted molar refractivity (Wildman–Crippen MR) is 78.0 cm³/mol. The molecule has 1 amide bonds. The monoisotopic (exact) mass is 276 g/mol. The number of amides is 1. The third-order valence-electron chi connectivity index (χ3n) is 2.72. The van der Waals surface area contributed by atoms with Crippen molar-refractivity contribution in [2.24, 2.45) is 0 Å². The van der Waals surface area contributed by atoms with Crippen molar-refractivity contribution in [1.29, 1.82) is 0 Å². The van der Waals surface area contributed by atoms with Crippen LogP contribution in [0.25, 0.3) is 11.1 Å². The number of nitrogens with two attached hydrogens (primary N) is 1. The molecule has 0 fully saturated rings. The van der Waals surface area contributed by atoms with Crippen molar-refractivity contribution in [3.05, 3.63) is 24.1 Å². The first-order valence-electron chi connectivity index (χ1n) is 6.57. The van der Waals surface area contributed by atoms with Crippen LogP contribution in [0.4, 0.5) is 5.69 Å². The summed E-state index contributed by atoms with van der Waals surface area (Å²) in [7, 11) is 1.85. The standard InChI is InChI=1S/C14H20N4O2/c1-9(2)16-13(19)7-18(3)8-14-17-11-6-10(15)4-5-12(11)20-14/h4-6,9H,7-8,15H2,1-3H3,(H,16,19). The van der Waals surface area contributed by atoms with Crippen LogP contribution >= 0.6 is 0 Å². The number of nitrogens with zero attached hydrogens (tertiary/aromatic N) is 2. The zero-order valence-electron chi connectivity index (χ0n) is 12.0. The van der Waals surface area contributed by atoms with Gasteiger partial charge in [0.2, 0.25) is 11.8 Å². The Morgan fingerprint density at radius 3 is 2.95 bits per heavy atom. The van der Waals surface area contributed by atoms with Crippen molar-refractivity contribution >= 4 is 22.7 Å². The van der Waals surface area contributed by atoms with Crippen LogP contribution in [0.3, 0.4) is 0 Å². The lowest BCUT2D eigenvalue weighted by atomic mass is 10.3. The lowest BCUT2D eigenvalue weighted by Crippen LogP contribution is -2.38. The highest BCUT2D eigenvalue weighted by Crippen LogP contribution is 2.18. The molecule has 0 spiro atoms. The van der Waals surface area contributed by atoms with Crippen LogP contribution in [0, 0.1) is 0 Å². The molecule has 0 bridgehead atoms. The molecule has 6 nitrogen and oxygen atoms in total. The number of carbonyl (C=O) groups is 1. The number of fused-ring (bicyclic) bond motifs is 1. The van der Waals surface area contributed by atoms with Gasteiger partial charge in [0.15, 0.2) is 5.58 Å². The molecule has 0 unspecified atom stereocenters. The Kier molecular flexibility index (Phi) is 4.24. The normalized spacial score (nSPS) is 11.4. The smallest absolute Gasteiger partial charge is 0.234 e. The van der Waals surface area contributed by atoms with Gasteiger partial charge in [0, 0.05) is 11.7 Å². The molecule has 6 heteroatoms. The maximum absolute atomic E-state index is 11.7. The van der Waals surface area contributed by atoms with Gasteiger partial charge in [0.25, 0.3) is 0 Å². The first kappa shape index (κ1) is 14.3. The van der Waals surface area contributed by atoms with Gasteiger partial charge < -0.3 is 15.5 Å². The zero-order chi connectivity index (χ0) is 14.7. The number of aromatic nitrogens is 1. The molecule has 0 aliphatic heterocycles. The van der Waals surface area contributed by atoms with Crippen LogP contribution in [0.1, 0.15) is 19.7 Å². The fraction of sp³-hybridized carbons (Fsp3) is 0.429. The number of carbonyl (C=O) groups excluding carboxylic acids is 1. The van der Waals surface area contributed by atoms with Gasteiger partial charge in [-0.05, 0) is 39.1 Å². The van der Waals surface area contributed by atoms with E-state index in [0.717, 1.165) is 5.52 Å². The van der Waals surface area contributed by atoms with Gasteiger partial charge in [-0.3, -0.25) is 9.69 Å². The van der Waals surface area contributed by atoms with Crippen molar-refractivity contribution in [2.75, 3.05) is 19.3 Å². The van der Waals surface area contributed by atoms with E-state index in [4.69, 9.17) is 10.2 Å². The first-order chi connectivity index (χ1) is 9.44. The Labute approximate surface area is 117 Å². The third-order valence-corrected chi connectivity index (χ3v) is 2.72. The Bertz CT molecular complexity index is 606. The quantitative estimate of drug-likeness (QED) is 0.806. The molecular weight excluding hydrogens is 256 g/mol. The summed E-state index contributed by atoms with van der Waals surface area (Å²) in [6.45, 7) is 4.64. The van der Waals surface area contributed by atoms with Gasteiger partial charge in [-0.2, -0.15) is 0 Å². The second-order valence-electron chi connectivity index (χ2n) is 5.23. The summed E-state index contributed by atoms with van der Waals surface area (Å²) in [5.74, 6) is 0.563. The number of nitrogen functional groups attached to an aromatic ring is 1. The minimum Gasteiger partial charge on any atom is -0.439 e. The summed E-state index contributed by atoms with van der Waals surface area (Å²) in [6, 6.07) is 5.49. The summed E-state index contributed by atoms with van der Waals surface area (Å²) in [5, 5.41) is 2.85. The predicted octanol–water partition coefficient (Wildman–Crippen LogP) is 1.37. The molecule has 1 heterocycles. The summed E-state index contributed by atoms with van der Waals surface area (Å²) >= 11 is 0. The Balaban J connectivity index is 1.99. The molecule has 1 aromatic carbocycles. The van der Waals surface area contributed by atoms with E-state index in [9.17, 15) is 4.79 Å². The van der Waals surface area contributed by atoms with Crippen LogP contribution in [0.15, 0.2) is 22.6 Å². The van der Waals surface area contributed by atoms with Crippen molar-refractivity contribution in [3.8, 4) is 0 Å². The average Bonchev–Trinajstić information content (AvgIpc) is 2.68. The van der Waals surface area contributed by atoms with E-state index < -0.39 is 0 Å². The molecule has 0 aliphatic carbocycles. The summed E-state index contributed by atoms with van der Waals surface area (Å²) in [5.41, 5.74) is 7.80. The highest BCUT2D eigenvalue weighted by atomic mass is 16.3. The molecule has 0 aliphatic rings. The minimum absolute atomic E-state index is 0.0112. The number of anilines is 1. The van der Waals surface area contributed by atoms with E-state index in [1.165, 1.54) is 0 Å². The number of likely N-dealkylation sites (N-methyl/N-ethyl adjacent to an activating group) is 1. The van der Waals surface area contributed by atoms with Gasteiger partial charge in [-0.1, -0.05) is 0 Å². The van der Waals surface area contributed by atoms with Crippen molar-refractivity contribution in [2.45, 2.75) is 26.4 Å². The molecule has 0 saturated heterocycles. The van der Waals surface area contributed by atoms with E-state index in [1.807, 2.05) is 25.8 Å². The number of oxazole rings is 1. The van der Waals surface area contributed by atoms with Gasteiger partial charge in [0.1, 0.15) is 5.52 Å². The second kappa shape index (κ2) is 5.92. The van der Waals surface area contributed by atoms with E-state index in [2.05, 4.69) is 10.3 Å². The second-order valence-corrected chi connectivity index (χ2v) is 5.23. The van der Waals surface area contributed by atoms with E-state index >= 15 is 0 Å². The van der Waals surface area contributed by atoms with Gasteiger partial charge in [-0.25, -0.2) is 4.98 Å². The summed E-state index contributed by atoms with van der Waals surface area (Å²) in [6.07, 6.45) is 0. The highest BCUT2D eigenvalue weighted by molar-refractivity contribution is 5.78. The number of rotatable bonds is 5. The number of hydrogen-bond donors (Lipinski definition) is 2. The Morgan fingerprint density at radius 2 is 2.25 bits per heavy atom. The molecule has 2 rings (SSSR count). The topological polar surface area (TPSA) is 84.4 Å².